The third-order valence-electron chi connectivity index (χ3n) is 2.38. The second-order valence-electron chi connectivity index (χ2n) is 3.90. The van der Waals surface area contributed by atoms with Crippen LogP contribution in [0.1, 0.15) is 22.3 Å². The molecule has 2 N–H and O–H groups in total. The first-order valence-corrected chi connectivity index (χ1v) is 7.31. The Balaban J connectivity index is 2.60. The molecule has 0 spiro atoms. The van der Waals surface area contributed by atoms with Crippen LogP contribution in [0.2, 0.25) is 0 Å². The average Bonchev–Trinajstić information content (AvgIpc) is 2.41. The van der Waals surface area contributed by atoms with Gasteiger partial charge in [-0.05, 0) is 42.2 Å². The maximum Gasteiger partial charge on any atom is 0.328 e. The minimum absolute atomic E-state index is 0.133. The topological polar surface area (TPSA) is 66.4 Å². The van der Waals surface area contributed by atoms with Gasteiger partial charge in [-0.3, -0.25) is 4.79 Å². The number of carbonyl (C=O) groups is 2. The van der Waals surface area contributed by atoms with Gasteiger partial charge in [0.1, 0.15) is 0 Å². The Labute approximate surface area is 116 Å². The Morgan fingerprint density at radius 1 is 1.42 bits per heavy atom. The first-order valence-electron chi connectivity index (χ1n) is 5.91. The second-order valence-corrected chi connectivity index (χ2v) is 4.88. The first kappa shape index (κ1) is 15.3. The minimum Gasteiger partial charge on any atom is -0.478 e. The molecule has 0 saturated heterocycles. The lowest BCUT2D eigenvalue weighted by Crippen LogP contribution is -2.24. The van der Waals surface area contributed by atoms with Crippen molar-refractivity contribution in [2.75, 3.05) is 18.6 Å². The molecular formula is C14H17NO3S. The highest BCUT2D eigenvalue weighted by molar-refractivity contribution is 7.98. The lowest BCUT2D eigenvalue weighted by atomic mass is 10.1. The van der Waals surface area contributed by atoms with E-state index in [2.05, 4.69) is 5.32 Å². The summed E-state index contributed by atoms with van der Waals surface area (Å²) in [6, 6.07) is 6.87. The van der Waals surface area contributed by atoms with Crippen molar-refractivity contribution in [3.05, 3.63) is 41.5 Å². The van der Waals surface area contributed by atoms with Crippen molar-refractivity contribution in [2.45, 2.75) is 6.42 Å². The van der Waals surface area contributed by atoms with Crippen LogP contribution in [0.15, 0.2) is 30.3 Å². The molecule has 0 aromatic heterocycles. The Morgan fingerprint density at radius 2 is 2.21 bits per heavy atom. The number of thioether (sulfide) groups is 1. The molecule has 0 atom stereocenters. The normalized spacial score (nSPS) is 10.6. The molecule has 0 aliphatic carbocycles. The molecule has 0 aliphatic heterocycles. The van der Waals surface area contributed by atoms with Gasteiger partial charge in [0.25, 0.3) is 5.91 Å². The standard InChI is InChI=1S/C14H17NO3S/c1-19-9-3-8-15-14(18)12-5-2-4-11(10-12)6-7-13(16)17/h2,4-7,10H,3,8-9H2,1H3,(H,15,18)(H,16,17). The highest BCUT2D eigenvalue weighted by Gasteiger charge is 2.04. The van der Waals surface area contributed by atoms with Crippen LogP contribution in [0.5, 0.6) is 0 Å². The van der Waals surface area contributed by atoms with Crippen molar-refractivity contribution >= 4 is 29.7 Å². The largest absolute Gasteiger partial charge is 0.478 e. The number of carboxylic acid groups (broad SMARTS) is 1. The van der Waals surface area contributed by atoms with Crippen molar-refractivity contribution in [3.63, 3.8) is 0 Å². The Kier molecular flexibility index (Phi) is 6.74. The fourth-order valence-electron chi connectivity index (χ4n) is 1.47. The first-order chi connectivity index (χ1) is 9.13. The van der Waals surface area contributed by atoms with Gasteiger partial charge in [-0.25, -0.2) is 4.79 Å². The van der Waals surface area contributed by atoms with Crippen molar-refractivity contribution in [3.8, 4) is 0 Å². The molecule has 0 heterocycles. The highest BCUT2D eigenvalue weighted by atomic mass is 32.2. The van der Waals surface area contributed by atoms with E-state index in [1.807, 2.05) is 6.26 Å². The summed E-state index contributed by atoms with van der Waals surface area (Å²) in [5.74, 6) is -0.125. The third kappa shape index (κ3) is 6.10. The summed E-state index contributed by atoms with van der Waals surface area (Å²) in [6.45, 7) is 0.648. The summed E-state index contributed by atoms with van der Waals surface area (Å²) in [5, 5.41) is 11.4. The molecule has 0 fully saturated rings. The van der Waals surface area contributed by atoms with Crippen LogP contribution in [0.25, 0.3) is 6.08 Å². The second kappa shape index (κ2) is 8.37. The molecule has 0 bridgehead atoms. The van der Waals surface area contributed by atoms with Crippen LogP contribution in [-0.2, 0) is 4.79 Å². The van der Waals surface area contributed by atoms with Gasteiger partial charge in [-0.2, -0.15) is 11.8 Å². The van der Waals surface area contributed by atoms with Gasteiger partial charge in [0, 0.05) is 18.2 Å². The number of carboxylic acids is 1. The quantitative estimate of drug-likeness (QED) is 0.593. The lowest BCUT2D eigenvalue weighted by Gasteiger charge is -2.05. The van der Waals surface area contributed by atoms with Crippen molar-refractivity contribution in [1.82, 2.24) is 5.32 Å². The fourth-order valence-corrected chi connectivity index (χ4v) is 1.90. The van der Waals surface area contributed by atoms with Crippen molar-refractivity contribution in [2.24, 2.45) is 0 Å². The number of carbonyl (C=O) groups excluding carboxylic acids is 1. The van der Waals surface area contributed by atoms with E-state index >= 15 is 0 Å². The number of benzene rings is 1. The van der Waals surface area contributed by atoms with Crippen LogP contribution in [0, 0.1) is 0 Å². The molecule has 1 amide bonds. The maximum absolute atomic E-state index is 11.8. The molecule has 4 nitrogen and oxygen atoms in total. The van der Waals surface area contributed by atoms with E-state index in [0.29, 0.717) is 17.7 Å². The fraction of sp³-hybridized carbons (Fsp3) is 0.286. The summed E-state index contributed by atoms with van der Waals surface area (Å²) in [6.07, 6.45) is 5.48. The minimum atomic E-state index is -1.01. The van der Waals surface area contributed by atoms with E-state index in [-0.39, 0.29) is 5.91 Å². The SMILES string of the molecule is CSCCCNC(=O)c1cccc(C=CC(=O)O)c1. The molecule has 19 heavy (non-hydrogen) atoms. The number of amides is 1. The van der Waals surface area contributed by atoms with Crippen LogP contribution >= 0.6 is 11.8 Å². The van der Waals surface area contributed by atoms with Gasteiger partial charge in [0.15, 0.2) is 0 Å². The van der Waals surface area contributed by atoms with E-state index in [4.69, 9.17) is 5.11 Å². The van der Waals surface area contributed by atoms with Gasteiger partial charge < -0.3 is 10.4 Å². The molecule has 5 heteroatoms. The van der Waals surface area contributed by atoms with Crippen LogP contribution in [0.4, 0.5) is 0 Å². The van der Waals surface area contributed by atoms with Gasteiger partial charge >= 0.3 is 5.97 Å². The van der Waals surface area contributed by atoms with E-state index in [1.165, 1.54) is 6.08 Å². The van der Waals surface area contributed by atoms with E-state index < -0.39 is 5.97 Å². The zero-order chi connectivity index (χ0) is 14.1. The number of nitrogens with one attached hydrogen (secondary N) is 1. The highest BCUT2D eigenvalue weighted by Crippen LogP contribution is 2.07. The lowest BCUT2D eigenvalue weighted by molar-refractivity contribution is -0.131. The summed E-state index contributed by atoms with van der Waals surface area (Å²) in [7, 11) is 0. The molecule has 1 aromatic rings. The summed E-state index contributed by atoms with van der Waals surface area (Å²) >= 11 is 1.74. The van der Waals surface area contributed by atoms with Crippen LogP contribution in [0.3, 0.4) is 0 Å². The monoisotopic (exact) mass is 279 g/mol. The van der Waals surface area contributed by atoms with Gasteiger partial charge in [0.2, 0.25) is 0 Å². The molecule has 0 saturated carbocycles. The number of rotatable bonds is 7. The molecule has 1 rings (SSSR count). The summed E-state index contributed by atoms with van der Waals surface area (Å²) in [5.41, 5.74) is 1.23. The van der Waals surface area contributed by atoms with E-state index in [1.54, 1.807) is 36.0 Å². The zero-order valence-electron chi connectivity index (χ0n) is 10.8. The smallest absolute Gasteiger partial charge is 0.328 e. The average molecular weight is 279 g/mol. The predicted molar refractivity (Wildman–Crippen MR) is 78.4 cm³/mol. The van der Waals surface area contributed by atoms with Gasteiger partial charge in [-0.1, -0.05) is 12.1 Å². The number of hydrogen-bond donors (Lipinski definition) is 2. The van der Waals surface area contributed by atoms with Gasteiger partial charge in [-0.15, -0.1) is 0 Å². The summed E-state index contributed by atoms with van der Waals surface area (Å²) < 4.78 is 0. The zero-order valence-corrected chi connectivity index (χ0v) is 11.6. The van der Waals surface area contributed by atoms with Crippen molar-refractivity contribution < 1.29 is 14.7 Å². The predicted octanol–water partition coefficient (Wildman–Crippen LogP) is 2.27. The third-order valence-corrected chi connectivity index (χ3v) is 3.07. The van der Waals surface area contributed by atoms with E-state index in [9.17, 15) is 9.59 Å². The molecule has 0 radical (unpaired) electrons. The number of hydrogen-bond acceptors (Lipinski definition) is 3. The van der Waals surface area contributed by atoms with Crippen molar-refractivity contribution in [1.29, 1.82) is 0 Å². The number of aliphatic carboxylic acids is 1. The van der Waals surface area contributed by atoms with Gasteiger partial charge in [0.05, 0.1) is 0 Å². The Morgan fingerprint density at radius 3 is 2.89 bits per heavy atom. The maximum atomic E-state index is 11.8. The van der Waals surface area contributed by atoms with Crippen LogP contribution in [-0.4, -0.2) is 35.5 Å². The molecule has 0 aliphatic rings. The molecule has 0 unspecified atom stereocenters. The summed E-state index contributed by atoms with van der Waals surface area (Å²) in [4.78, 5) is 22.3. The molecular weight excluding hydrogens is 262 g/mol. The van der Waals surface area contributed by atoms with E-state index in [0.717, 1.165) is 18.2 Å². The molecule has 102 valence electrons. The molecule has 1 aromatic carbocycles. The Hall–Kier alpha value is -1.75. The Bertz CT molecular complexity index is 472. The van der Waals surface area contributed by atoms with Crippen LogP contribution < -0.4 is 5.32 Å².